The van der Waals surface area contributed by atoms with Crippen LogP contribution in [0.1, 0.15) is 5.56 Å². The van der Waals surface area contributed by atoms with Gasteiger partial charge in [0.05, 0.1) is 0 Å². The van der Waals surface area contributed by atoms with E-state index in [9.17, 15) is 5.11 Å². The molecule has 1 N–H and O–H groups in total. The van der Waals surface area contributed by atoms with Crippen molar-refractivity contribution in [2.75, 3.05) is 0 Å². The Hall–Kier alpha value is -1.18. The molecular formula is C7H6O2. The predicted molar refractivity (Wildman–Crippen MR) is 32.7 cm³/mol. The van der Waals surface area contributed by atoms with Gasteiger partial charge >= 0.3 is 0 Å². The summed E-state index contributed by atoms with van der Waals surface area (Å²) >= 11 is 0. The largest absolute Gasteiger partial charge is 0.504 e. The first-order valence-electron chi connectivity index (χ1n) is 2.53. The van der Waals surface area contributed by atoms with Crippen molar-refractivity contribution in [3.05, 3.63) is 30.7 Å². The third-order valence-electron chi connectivity index (χ3n) is 1.08. The van der Waals surface area contributed by atoms with Crippen LogP contribution in [-0.4, -0.2) is 5.11 Å². The molecule has 1 aromatic rings. The Morgan fingerprint density at radius 2 is 2.11 bits per heavy atom. The van der Waals surface area contributed by atoms with Gasteiger partial charge in [-0.1, -0.05) is 12.1 Å². The van der Waals surface area contributed by atoms with E-state index in [0.717, 1.165) is 0 Å². The minimum Gasteiger partial charge on any atom is -0.504 e. The van der Waals surface area contributed by atoms with E-state index in [4.69, 9.17) is 5.11 Å². The summed E-state index contributed by atoms with van der Waals surface area (Å²) in [5.74, 6) is -0.625. The molecule has 0 fully saturated rings. The Labute approximate surface area is 53.4 Å². The van der Waals surface area contributed by atoms with Crippen LogP contribution < -0.4 is 0 Å². The van der Waals surface area contributed by atoms with E-state index in [-0.39, 0.29) is 11.5 Å². The van der Waals surface area contributed by atoms with Crippen LogP contribution >= 0.6 is 0 Å². The van der Waals surface area contributed by atoms with Crippen molar-refractivity contribution in [2.45, 2.75) is 0 Å². The molecule has 0 saturated heterocycles. The number of benzene rings is 1. The molecule has 0 heterocycles. The maximum atomic E-state index is 10.5. The van der Waals surface area contributed by atoms with Gasteiger partial charge in [-0.3, -0.25) is 5.11 Å². The van der Waals surface area contributed by atoms with Crippen LogP contribution in [0, 0.1) is 6.92 Å². The molecule has 2 radical (unpaired) electrons. The molecule has 0 atom stereocenters. The second-order valence-electron chi connectivity index (χ2n) is 1.76. The third-order valence-corrected chi connectivity index (χ3v) is 1.08. The van der Waals surface area contributed by atoms with Gasteiger partial charge in [-0.25, -0.2) is 0 Å². The standard InChI is InChI=1S/C7H6O2/c1-5-3-2-4-6(8)7(5)9/h2-4,9H,1H2. The molecule has 0 aliphatic rings. The van der Waals surface area contributed by atoms with E-state index in [2.05, 4.69) is 6.92 Å². The zero-order valence-corrected chi connectivity index (χ0v) is 4.79. The monoisotopic (exact) mass is 122 g/mol. The summed E-state index contributed by atoms with van der Waals surface area (Å²) in [5.41, 5.74) is 0.377. The molecule has 0 amide bonds. The Balaban J connectivity index is 3.25. The van der Waals surface area contributed by atoms with Gasteiger partial charge in [0.25, 0.3) is 0 Å². The lowest BCUT2D eigenvalue weighted by Gasteiger charge is -1.95. The molecule has 2 nitrogen and oxygen atoms in total. The maximum absolute atomic E-state index is 10.5. The van der Waals surface area contributed by atoms with Crippen molar-refractivity contribution in [2.24, 2.45) is 0 Å². The molecule has 0 unspecified atom stereocenters. The number of phenolic OH excluding ortho intramolecular Hbond substituents is 1. The van der Waals surface area contributed by atoms with E-state index >= 15 is 0 Å². The number of phenols is 1. The maximum Gasteiger partial charge on any atom is 0.220 e. The van der Waals surface area contributed by atoms with E-state index < -0.39 is 0 Å². The van der Waals surface area contributed by atoms with Gasteiger partial charge in [0.2, 0.25) is 5.75 Å². The molecule has 0 spiro atoms. The molecule has 0 aliphatic heterocycles. The molecule has 9 heavy (non-hydrogen) atoms. The Morgan fingerprint density at radius 1 is 1.44 bits per heavy atom. The minimum atomic E-state index is -0.373. The molecule has 46 valence electrons. The first-order chi connectivity index (χ1) is 4.22. The molecule has 1 rings (SSSR count). The smallest absolute Gasteiger partial charge is 0.220 e. The van der Waals surface area contributed by atoms with E-state index in [0.29, 0.717) is 5.56 Å². The summed E-state index contributed by atoms with van der Waals surface area (Å²) in [4.78, 5) is 0. The number of rotatable bonds is 0. The van der Waals surface area contributed by atoms with Crippen molar-refractivity contribution < 1.29 is 10.2 Å². The van der Waals surface area contributed by atoms with Crippen LogP contribution in [0.25, 0.3) is 0 Å². The molecule has 0 aliphatic carbocycles. The van der Waals surface area contributed by atoms with Gasteiger partial charge < -0.3 is 5.11 Å². The first kappa shape index (κ1) is 5.95. The predicted octanol–water partition coefficient (Wildman–Crippen LogP) is 1.72. The normalized spacial score (nSPS) is 9.44. The van der Waals surface area contributed by atoms with Crippen molar-refractivity contribution in [1.29, 1.82) is 0 Å². The molecule has 1 aromatic carbocycles. The van der Waals surface area contributed by atoms with E-state index in [1.54, 1.807) is 12.1 Å². The van der Waals surface area contributed by atoms with Crippen LogP contribution in [0.15, 0.2) is 18.2 Å². The average molecular weight is 122 g/mol. The highest BCUT2D eigenvalue weighted by molar-refractivity contribution is 5.45. The number of para-hydroxylation sites is 1. The van der Waals surface area contributed by atoms with Crippen LogP contribution in [0.2, 0.25) is 0 Å². The highest BCUT2D eigenvalue weighted by atomic mass is 16.3. The van der Waals surface area contributed by atoms with Crippen molar-refractivity contribution >= 4 is 0 Å². The van der Waals surface area contributed by atoms with Crippen molar-refractivity contribution in [3.8, 4) is 11.5 Å². The summed E-state index contributed by atoms with van der Waals surface area (Å²) in [6.07, 6.45) is 0. The van der Waals surface area contributed by atoms with Crippen molar-refractivity contribution in [3.63, 3.8) is 0 Å². The lowest BCUT2D eigenvalue weighted by atomic mass is 10.2. The highest BCUT2D eigenvalue weighted by Gasteiger charge is 2.00. The number of aromatic hydroxyl groups is 1. The fourth-order valence-electron chi connectivity index (χ4n) is 0.568. The van der Waals surface area contributed by atoms with Gasteiger partial charge in [0, 0.05) is 0 Å². The topological polar surface area (TPSA) is 40.1 Å². The van der Waals surface area contributed by atoms with E-state index in [1.165, 1.54) is 6.07 Å². The Kier molecular flexibility index (Phi) is 1.30. The Bertz CT molecular complexity index is 198. The average Bonchev–Trinajstić information content (AvgIpc) is 1.83. The quantitative estimate of drug-likeness (QED) is 0.559. The summed E-state index contributed by atoms with van der Waals surface area (Å²) in [6.45, 7) is 3.43. The van der Waals surface area contributed by atoms with Gasteiger partial charge in [0.15, 0.2) is 5.75 Å². The molecule has 0 aromatic heterocycles. The van der Waals surface area contributed by atoms with Crippen LogP contribution in [-0.2, 0) is 5.11 Å². The third kappa shape index (κ3) is 0.964. The summed E-state index contributed by atoms with van der Waals surface area (Å²) < 4.78 is 0. The van der Waals surface area contributed by atoms with Gasteiger partial charge in [-0.2, -0.15) is 0 Å². The Morgan fingerprint density at radius 3 is 2.56 bits per heavy atom. The second kappa shape index (κ2) is 1.97. The van der Waals surface area contributed by atoms with Gasteiger partial charge in [-0.05, 0) is 18.6 Å². The van der Waals surface area contributed by atoms with Gasteiger partial charge in [0.1, 0.15) is 0 Å². The lowest BCUT2D eigenvalue weighted by Crippen LogP contribution is -1.71. The molecule has 2 heteroatoms. The van der Waals surface area contributed by atoms with E-state index in [1.807, 2.05) is 0 Å². The fraction of sp³-hybridized carbons (Fsp3) is 0. The summed E-state index contributed by atoms with van der Waals surface area (Å²) in [6, 6.07) is 4.44. The summed E-state index contributed by atoms with van der Waals surface area (Å²) in [5, 5.41) is 19.4. The number of hydrogen-bond acceptors (Lipinski definition) is 1. The van der Waals surface area contributed by atoms with Crippen LogP contribution in [0.3, 0.4) is 0 Å². The highest BCUT2D eigenvalue weighted by Crippen LogP contribution is 2.27. The summed E-state index contributed by atoms with van der Waals surface area (Å²) in [7, 11) is 0. The van der Waals surface area contributed by atoms with Crippen molar-refractivity contribution in [1.82, 2.24) is 0 Å². The van der Waals surface area contributed by atoms with Crippen LogP contribution in [0.4, 0.5) is 0 Å². The zero-order chi connectivity index (χ0) is 6.85. The lowest BCUT2D eigenvalue weighted by molar-refractivity contribution is 0.324. The molecule has 0 bridgehead atoms. The SMILES string of the molecule is [CH2]c1cccc([O])c1O. The fourth-order valence-corrected chi connectivity index (χ4v) is 0.568. The number of hydrogen-bond donors (Lipinski definition) is 1. The molecular weight excluding hydrogens is 116 g/mol. The second-order valence-corrected chi connectivity index (χ2v) is 1.76. The zero-order valence-electron chi connectivity index (χ0n) is 4.79. The molecule has 0 saturated carbocycles. The minimum absolute atomic E-state index is 0.252. The van der Waals surface area contributed by atoms with Gasteiger partial charge in [-0.15, -0.1) is 0 Å². The van der Waals surface area contributed by atoms with Crippen LogP contribution in [0.5, 0.6) is 11.5 Å². The first-order valence-corrected chi connectivity index (χ1v) is 2.53.